The van der Waals surface area contributed by atoms with Gasteiger partial charge in [0.15, 0.2) is 6.29 Å². The molecule has 0 bridgehead atoms. The molecule has 4 aliphatic carbocycles. The molecule has 4 saturated carbocycles. The van der Waals surface area contributed by atoms with E-state index in [2.05, 4.69) is 25.7 Å². The number of hydrogen-bond donors (Lipinski definition) is 1. The van der Waals surface area contributed by atoms with E-state index in [1.165, 1.54) is 25.7 Å². The maximum absolute atomic E-state index is 12.2. The van der Waals surface area contributed by atoms with Crippen molar-refractivity contribution < 1.29 is 14.7 Å². The lowest BCUT2D eigenvalue weighted by molar-refractivity contribution is -0.144. The predicted molar refractivity (Wildman–Crippen MR) is 105 cm³/mol. The fourth-order valence-corrected chi connectivity index (χ4v) is 8.19. The molecule has 4 rings (SSSR count). The van der Waals surface area contributed by atoms with Gasteiger partial charge in [-0.2, -0.15) is 0 Å². The summed E-state index contributed by atoms with van der Waals surface area (Å²) in [5.41, 5.74) is -0.497. The van der Waals surface area contributed by atoms with E-state index in [0.29, 0.717) is 42.7 Å². The van der Waals surface area contributed by atoms with Crippen LogP contribution in [0.25, 0.3) is 0 Å². The lowest BCUT2D eigenvalue weighted by atomic mass is 9.44. The molecule has 0 aromatic rings. The zero-order valence-corrected chi connectivity index (χ0v) is 17.1. The van der Waals surface area contributed by atoms with Crippen molar-refractivity contribution in [3.8, 4) is 11.8 Å². The van der Waals surface area contributed by atoms with Crippen LogP contribution in [0.15, 0.2) is 0 Å². The molecule has 1 N–H and O–H groups in total. The molecule has 27 heavy (non-hydrogen) atoms. The van der Waals surface area contributed by atoms with Crippen LogP contribution in [0.1, 0.15) is 78.6 Å². The fraction of sp³-hybridized carbons (Fsp3) is 0.833. The minimum absolute atomic E-state index is 0.209. The van der Waals surface area contributed by atoms with Gasteiger partial charge in [-0.25, -0.2) is 0 Å². The summed E-state index contributed by atoms with van der Waals surface area (Å²) in [4.78, 5) is 22.9. The Bertz CT molecular complexity index is 702. The first kappa shape index (κ1) is 19.2. The van der Waals surface area contributed by atoms with Crippen molar-refractivity contribution in [1.82, 2.24) is 0 Å². The van der Waals surface area contributed by atoms with E-state index < -0.39 is 5.60 Å². The molecule has 0 aromatic carbocycles. The Morgan fingerprint density at radius 3 is 2.44 bits per heavy atom. The van der Waals surface area contributed by atoms with Crippen LogP contribution in [0.5, 0.6) is 0 Å². The fourth-order valence-electron chi connectivity index (χ4n) is 8.19. The normalized spacial score (nSPS) is 51.2. The summed E-state index contributed by atoms with van der Waals surface area (Å²) in [5.74, 6) is 8.59. The van der Waals surface area contributed by atoms with Crippen molar-refractivity contribution in [1.29, 1.82) is 0 Å². The first-order valence-corrected chi connectivity index (χ1v) is 10.9. The SMILES string of the molecule is CC(=O)[C@H]1CC[C@H]2[C@@H]3CC[C@@H]4C[C@](O)(C#CC=O)CC[C@]4(C)[C@H]3CC[C@]12C. The van der Waals surface area contributed by atoms with Gasteiger partial charge in [0.1, 0.15) is 11.4 Å². The second-order valence-corrected chi connectivity index (χ2v) is 10.6. The number of aldehydes is 1. The van der Waals surface area contributed by atoms with Gasteiger partial charge in [0.2, 0.25) is 0 Å². The number of Topliss-reactive ketones (excluding diaryl/α,β-unsaturated/α-hetero) is 1. The highest BCUT2D eigenvalue weighted by Crippen LogP contribution is 2.68. The number of carbonyl (C=O) groups is 2. The molecule has 4 fully saturated rings. The highest BCUT2D eigenvalue weighted by Gasteiger charge is 2.61. The zero-order chi connectivity index (χ0) is 19.4. The summed E-state index contributed by atoms with van der Waals surface area (Å²) in [6, 6.07) is 0. The Kier molecular flexibility index (Phi) is 4.58. The Balaban J connectivity index is 1.58. The minimum Gasteiger partial charge on any atom is -0.378 e. The van der Waals surface area contributed by atoms with Gasteiger partial charge < -0.3 is 5.11 Å². The van der Waals surface area contributed by atoms with Gasteiger partial charge >= 0.3 is 0 Å². The first-order valence-electron chi connectivity index (χ1n) is 10.9. The van der Waals surface area contributed by atoms with Crippen LogP contribution in [0.3, 0.4) is 0 Å². The lowest BCUT2D eigenvalue weighted by Gasteiger charge is -2.61. The maximum Gasteiger partial charge on any atom is 0.192 e. The Morgan fingerprint density at radius 1 is 1.00 bits per heavy atom. The first-order chi connectivity index (χ1) is 12.7. The molecule has 0 heterocycles. The van der Waals surface area contributed by atoms with Crippen LogP contribution in [0.2, 0.25) is 0 Å². The number of rotatable bonds is 1. The van der Waals surface area contributed by atoms with Crippen LogP contribution >= 0.6 is 0 Å². The molecular weight excluding hydrogens is 336 g/mol. The number of fused-ring (bicyclic) bond motifs is 5. The Morgan fingerprint density at radius 2 is 1.74 bits per heavy atom. The van der Waals surface area contributed by atoms with Crippen LogP contribution in [-0.4, -0.2) is 22.8 Å². The summed E-state index contributed by atoms with van der Waals surface area (Å²) in [6.45, 7) is 6.65. The van der Waals surface area contributed by atoms with Gasteiger partial charge in [-0.3, -0.25) is 9.59 Å². The summed E-state index contributed by atoms with van der Waals surface area (Å²) in [6.07, 6.45) is 10.1. The molecule has 148 valence electrons. The van der Waals surface area contributed by atoms with E-state index in [0.717, 1.165) is 25.2 Å². The van der Waals surface area contributed by atoms with E-state index in [-0.39, 0.29) is 16.7 Å². The van der Waals surface area contributed by atoms with E-state index in [1.54, 1.807) is 6.92 Å². The van der Waals surface area contributed by atoms with E-state index in [1.807, 2.05) is 0 Å². The number of hydrogen-bond acceptors (Lipinski definition) is 3. The maximum atomic E-state index is 12.2. The quantitative estimate of drug-likeness (QED) is 0.557. The highest BCUT2D eigenvalue weighted by molar-refractivity contribution is 5.79. The molecule has 0 spiro atoms. The van der Waals surface area contributed by atoms with Crippen molar-refractivity contribution in [3.05, 3.63) is 0 Å². The number of carbonyl (C=O) groups excluding carboxylic acids is 2. The topological polar surface area (TPSA) is 54.4 Å². The van der Waals surface area contributed by atoms with Gasteiger partial charge in [0.05, 0.1) is 0 Å². The predicted octanol–water partition coefficient (Wildman–Crippen LogP) is 4.17. The van der Waals surface area contributed by atoms with Crippen molar-refractivity contribution in [3.63, 3.8) is 0 Å². The molecule has 0 aliphatic heterocycles. The molecule has 0 amide bonds. The second-order valence-electron chi connectivity index (χ2n) is 10.6. The van der Waals surface area contributed by atoms with Gasteiger partial charge in [0, 0.05) is 5.92 Å². The zero-order valence-electron chi connectivity index (χ0n) is 17.1. The number of ketones is 1. The van der Waals surface area contributed by atoms with Crippen LogP contribution < -0.4 is 0 Å². The van der Waals surface area contributed by atoms with E-state index in [9.17, 15) is 14.7 Å². The molecular formula is C24H34O3. The smallest absolute Gasteiger partial charge is 0.192 e. The summed E-state index contributed by atoms with van der Waals surface area (Å²) < 4.78 is 0. The molecule has 0 saturated heterocycles. The highest BCUT2D eigenvalue weighted by atomic mass is 16.3. The van der Waals surface area contributed by atoms with Gasteiger partial charge in [-0.15, -0.1) is 0 Å². The third-order valence-electron chi connectivity index (χ3n) is 9.58. The molecule has 0 aromatic heterocycles. The van der Waals surface area contributed by atoms with Crippen LogP contribution in [0.4, 0.5) is 0 Å². The van der Waals surface area contributed by atoms with E-state index >= 15 is 0 Å². The molecule has 0 radical (unpaired) electrons. The van der Waals surface area contributed by atoms with Crippen LogP contribution in [0, 0.1) is 52.3 Å². The average molecular weight is 371 g/mol. The van der Waals surface area contributed by atoms with Crippen molar-refractivity contribution in [2.45, 2.75) is 84.2 Å². The molecule has 4 aliphatic rings. The van der Waals surface area contributed by atoms with Crippen molar-refractivity contribution in [2.75, 3.05) is 0 Å². The third-order valence-corrected chi connectivity index (χ3v) is 9.58. The lowest BCUT2D eigenvalue weighted by Crippen LogP contribution is -2.56. The Labute approximate surface area is 163 Å². The minimum atomic E-state index is -0.978. The number of aliphatic hydroxyl groups is 1. The Hall–Kier alpha value is -1.14. The van der Waals surface area contributed by atoms with Crippen LogP contribution in [-0.2, 0) is 9.59 Å². The molecule has 3 nitrogen and oxygen atoms in total. The van der Waals surface area contributed by atoms with Gasteiger partial charge in [0.25, 0.3) is 0 Å². The average Bonchev–Trinajstić information content (AvgIpc) is 2.98. The van der Waals surface area contributed by atoms with Gasteiger partial charge in [-0.05, 0) is 105 Å². The van der Waals surface area contributed by atoms with Crippen molar-refractivity contribution in [2.24, 2.45) is 40.4 Å². The van der Waals surface area contributed by atoms with Gasteiger partial charge in [-0.1, -0.05) is 19.8 Å². The molecule has 0 unspecified atom stereocenters. The summed E-state index contributed by atoms with van der Waals surface area (Å²) in [7, 11) is 0. The standard InChI is InChI=1S/C24H34O3/c1-16(26)19-7-8-20-18-6-5-17-15-24(27,10-4-14-25)13-12-22(17,2)21(18)9-11-23(19,20)3/h14,17-21,27H,5-9,11-13,15H2,1-3H3/t17-,18+,19-,20+,21+,22+,23-,24+/m1/s1. The van der Waals surface area contributed by atoms with E-state index in [4.69, 9.17) is 0 Å². The second kappa shape index (κ2) is 6.45. The molecule has 8 atom stereocenters. The van der Waals surface area contributed by atoms with Crippen molar-refractivity contribution >= 4 is 12.1 Å². The summed E-state index contributed by atoms with van der Waals surface area (Å²) in [5, 5.41) is 10.9. The largest absolute Gasteiger partial charge is 0.378 e. The third kappa shape index (κ3) is 2.82. The monoisotopic (exact) mass is 370 g/mol. The molecule has 3 heteroatoms. The summed E-state index contributed by atoms with van der Waals surface area (Å²) >= 11 is 0.